The first kappa shape index (κ1) is 21.5. The minimum atomic E-state index is -0.177. The van der Waals surface area contributed by atoms with E-state index in [1.54, 1.807) is 24.3 Å². The molecular weight excluding hydrogens is 417 g/mol. The molecule has 0 bridgehead atoms. The Morgan fingerprint density at radius 2 is 1.91 bits per heavy atom. The molecule has 3 aromatic carbocycles. The van der Waals surface area contributed by atoms with Crippen LogP contribution in [0.3, 0.4) is 0 Å². The number of halogens is 1. The Labute approximate surface area is 194 Å². The number of rotatable bonds is 4. The number of hydrogen-bond acceptors (Lipinski definition) is 4. The molecule has 1 N–H and O–H groups in total. The molecule has 5 heteroatoms. The molecule has 32 heavy (non-hydrogen) atoms. The Kier molecular flexibility index (Phi) is 5.97. The third kappa shape index (κ3) is 4.17. The molecule has 5 rings (SSSR count). The van der Waals surface area contributed by atoms with Gasteiger partial charge in [0.2, 0.25) is 0 Å². The molecule has 0 aromatic heterocycles. The van der Waals surface area contributed by atoms with Crippen molar-refractivity contribution < 1.29 is 4.39 Å². The highest BCUT2D eigenvalue weighted by molar-refractivity contribution is 7.99. The second kappa shape index (κ2) is 8.89. The molecule has 166 valence electrons. The summed E-state index contributed by atoms with van der Waals surface area (Å²) in [5.41, 5.74) is 6.23. The zero-order valence-electron chi connectivity index (χ0n) is 18.7. The molecular formula is C27H30FN3S. The Morgan fingerprint density at radius 3 is 2.72 bits per heavy atom. The quantitative estimate of drug-likeness (QED) is 0.480. The van der Waals surface area contributed by atoms with Crippen LogP contribution >= 0.6 is 12.1 Å². The molecule has 2 saturated heterocycles. The van der Waals surface area contributed by atoms with Gasteiger partial charge in [0.05, 0.1) is 11.2 Å². The first-order chi connectivity index (χ1) is 15.5. The number of benzene rings is 3. The largest absolute Gasteiger partial charge is 0.296 e. The smallest absolute Gasteiger partial charge is 0.125 e. The van der Waals surface area contributed by atoms with E-state index in [9.17, 15) is 4.39 Å². The van der Waals surface area contributed by atoms with Gasteiger partial charge in [-0.05, 0) is 73.2 Å². The van der Waals surface area contributed by atoms with E-state index in [1.807, 2.05) is 6.07 Å². The van der Waals surface area contributed by atoms with Crippen molar-refractivity contribution in [2.24, 2.45) is 0 Å². The summed E-state index contributed by atoms with van der Waals surface area (Å²) in [5, 5.41) is 0. The molecule has 0 unspecified atom stereocenters. The summed E-state index contributed by atoms with van der Waals surface area (Å²) in [6.07, 6.45) is 2.12. The van der Waals surface area contributed by atoms with Crippen molar-refractivity contribution in [3.05, 3.63) is 89.7 Å². The van der Waals surface area contributed by atoms with Crippen LogP contribution in [0.2, 0.25) is 0 Å². The summed E-state index contributed by atoms with van der Waals surface area (Å²) in [4.78, 5) is 2.59. The second-order valence-corrected chi connectivity index (χ2v) is 10.0. The van der Waals surface area contributed by atoms with E-state index in [4.69, 9.17) is 0 Å². The molecule has 0 radical (unpaired) electrons. The molecule has 2 fully saturated rings. The monoisotopic (exact) mass is 447 g/mol. The van der Waals surface area contributed by atoms with Gasteiger partial charge in [-0.15, -0.1) is 0 Å². The van der Waals surface area contributed by atoms with E-state index in [0.717, 1.165) is 38.2 Å². The van der Waals surface area contributed by atoms with Gasteiger partial charge in [-0.1, -0.05) is 48.5 Å². The van der Waals surface area contributed by atoms with Crippen LogP contribution in [-0.4, -0.2) is 29.6 Å². The van der Waals surface area contributed by atoms with Crippen LogP contribution in [-0.2, 0) is 6.54 Å². The Balaban J connectivity index is 1.31. The van der Waals surface area contributed by atoms with Crippen LogP contribution < -0.4 is 9.03 Å². The predicted octanol–water partition coefficient (Wildman–Crippen LogP) is 6.20. The van der Waals surface area contributed by atoms with Gasteiger partial charge in [0.15, 0.2) is 0 Å². The molecule has 2 aliphatic rings. The number of anilines is 1. The Bertz CT molecular complexity index is 1100. The zero-order valence-corrected chi connectivity index (χ0v) is 19.5. The fourth-order valence-corrected chi connectivity index (χ4v) is 6.34. The van der Waals surface area contributed by atoms with Gasteiger partial charge < -0.3 is 0 Å². The number of nitrogens with zero attached hydrogens (tertiary/aromatic N) is 2. The fourth-order valence-electron chi connectivity index (χ4n) is 5.23. The average Bonchev–Trinajstić information content (AvgIpc) is 3.19. The summed E-state index contributed by atoms with van der Waals surface area (Å²) < 4.78 is 19.6. The molecule has 3 aromatic rings. The Hall–Kier alpha value is -2.34. The van der Waals surface area contributed by atoms with Crippen LogP contribution in [0.1, 0.15) is 30.9 Å². The van der Waals surface area contributed by atoms with Crippen molar-refractivity contribution >= 4 is 17.8 Å². The lowest BCUT2D eigenvalue weighted by molar-refractivity contribution is 0.106. The van der Waals surface area contributed by atoms with Gasteiger partial charge in [-0.25, -0.2) is 9.11 Å². The van der Waals surface area contributed by atoms with Crippen molar-refractivity contribution in [2.75, 3.05) is 17.4 Å². The fraction of sp³-hybridized carbons (Fsp3) is 0.333. The standard InChI is InChI=1S/C27H30FN3S/c1-20-7-3-4-12-26(20)23-9-5-8-22(15-23)18-30-14-13-27(17-21(30)2)19-29-32-31(27)25-11-6-10-24(28)16-25/h3-12,15-16,21,29H,13-14,17-19H2,1-2H3/t21-,27+/m0/s1. The van der Waals surface area contributed by atoms with E-state index in [0.29, 0.717) is 6.04 Å². The molecule has 0 saturated carbocycles. The van der Waals surface area contributed by atoms with Gasteiger partial charge in [-0.2, -0.15) is 0 Å². The van der Waals surface area contributed by atoms with Gasteiger partial charge in [0.25, 0.3) is 0 Å². The maximum atomic E-state index is 13.9. The van der Waals surface area contributed by atoms with Crippen molar-refractivity contribution in [1.29, 1.82) is 0 Å². The lowest BCUT2D eigenvalue weighted by Crippen LogP contribution is -2.56. The topological polar surface area (TPSA) is 18.5 Å². The van der Waals surface area contributed by atoms with Crippen LogP contribution in [0.5, 0.6) is 0 Å². The molecule has 1 spiro atoms. The SMILES string of the molecule is Cc1ccccc1-c1cccc(CN2CC[C@]3(CNSN3c3cccc(F)c3)C[C@@H]2C)c1. The van der Waals surface area contributed by atoms with E-state index in [1.165, 1.54) is 28.3 Å². The van der Waals surface area contributed by atoms with Gasteiger partial charge in [0, 0.05) is 37.8 Å². The second-order valence-electron chi connectivity index (χ2n) is 9.20. The maximum absolute atomic E-state index is 13.9. The maximum Gasteiger partial charge on any atom is 0.125 e. The molecule has 3 nitrogen and oxygen atoms in total. The van der Waals surface area contributed by atoms with Crippen LogP contribution in [0.15, 0.2) is 72.8 Å². The molecule has 2 aliphatic heterocycles. The average molecular weight is 448 g/mol. The molecule has 0 amide bonds. The minimum absolute atomic E-state index is 0.0252. The van der Waals surface area contributed by atoms with Crippen molar-refractivity contribution in [3.8, 4) is 11.1 Å². The van der Waals surface area contributed by atoms with Crippen LogP contribution in [0.25, 0.3) is 11.1 Å². The minimum Gasteiger partial charge on any atom is -0.296 e. The highest BCUT2D eigenvalue weighted by atomic mass is 32.2. The summed E-state index contributed by atoms with van der Waals surface area (Å²) >= 11 is 1.62. The number of aryl methyl sites for hydroxylation is 1. The van der Waals surface area contributed by atoms with E-state index >= 15 is 0 Å². The predicted molar refractivity (Wildman–Crippen MR) is 133 cm³/mol. The lowest BCUT2D eigenvalue weighted by Gasteiger charge is -2.47. The summed E-state index contributed by atoms with van der Waals surface area (Å²) in [5.74, 6) is -0.177. The lowest BCUT2D eigenvalue weighted by atomic mass is 9.83. The number of piperidine rings is 1. The first-order valence-electron chi connectivity index (χ1n) is 11.4. The van der Waals surface area contributed by atoms with Gasteiger partial charge >= 0.3 is 0 Å². The summed E-state index contributed by atoms with van der Waals surface area (Å²) in [6, 6.07) is 25.0. The van der Waals surface area contributed by atoms with E-state index in [2.05, 4.69) is 76.3 Å². The normalized spacial score (nSPS) is 23.7. The highest BCUT2D eigenvalue weighted by Gasteiger charge is 2.46. The number of likely N-dealkylation sites (tertiary alicyclic amines) is 1. The number of hydrogen-bond donors (Lipinski definition) is 1. The molecule has 2 heterocycles. The van der Waals surface area contributed by atoms with Crippen LogP contribution in [0.4, 0.5) is 10.1 Å². The number of nitrogens with one attached hydrogen (secondary N) is 1. The van der Waals surface area contributed by atoms with Gasteiger partial charge in [-0.3, -0.25) is 9.21 Å². The molecule has 2 atom stereocenters. The van der Waals surface area contributed by atoms with Crippen molar-refractivity contribution in [3.63, 3.8) is 0 Å². The zero-order chi connectivity index (χ0) is 22.1. The third-order valence-electron chi connectivity index (χ3n) is 6.96. The molecule has 0 aliphatic carbocycles. The van der Waals surface area contributed by atoms with Gasteiger partial charge in [0.1, 0.15) is 5.82 Å². The van der Waals surface area contributed by atoms with E-state index in [-0.39, 0.29) is 11.4 Å². The van der Waals surface area contributed by atoms with Crippen molar-refractivity contribution in [2.45, 2.75) is 44.8 Å². The summed E-state index contributed by atoms with van der Waals surface area (Å²) in [7, 11) is 0. The van der Waals surface area contributed by atoms with Crippen molar-refractivity contribution in [1.82, 2.24) is 9.62 Å². The summed E-state index contributed by atoms with van der Waals surface area (Å²) in [6.45, 7) is 7.42. The van der Waals surface area contributed by atoms with E-state index < -0.39 is 0 Å². The first-order valence-corrected chi connectivity index (χ1v) is 12.2. The Morgan fingerprint density at radius 1 is 1.06 bits per heavy atom. The third-order valence-corrected chi connectivity index (χ3v) is 8.02. The van der Waals surface area contributed by atoms with Crippen LogP contribution in [0, 0.1) is 12.7 Å². The highest BCUT2D eigenvalue weighted by Crippen LogP contribution is 2.43.